The van der Waals surface area contributed by atoms with Gasteiger partial charge in [-0.3, -0.25) is 33.6 Å². The molecule has 87 heavy (non-hydrogen) atoms. The molecule has 7 aromatic heterocycles. The number of fused-ring (bicyclic) bond motifs is 15. The van der Waals surface area contributed by atoms with Crippen molar-refractivity contribution < 1.29 is 52.9 Å². The van der Waals surface area contributed by atoms with Crippen molar-refractivity contribution in [3.8, 4) is 43.4 Å². The molecule has 3 aliphatic rings. The SMILES string of the molecule is CNC(=O)C[C@@H]1NC(=O)c2csc(n2)-c2ccc(-c3nc(C(=O)OCC4NC(=O)C5CCCN5C4=O)cs3)nc2-c2csc(n2)-c2csc(n2)C(C(O)c2ccccc2)NC(=O)CNC(=O)c2nc(sc2COC)[C@H](C(C)C)NC(=O)c2nc1sc2C. The zero-order valence-corrected chi connectivity index (χ0v) is 51.8. The molecular formula is C56H54N14O11S6. The van der Waals surface area contributed by atoms with Gasteiger partial charge in [-0.2, -0.15) is 0 Å². The largest absolute Gasteiger partial charge is 0.458 e. The molecule has 0 radical (unpaired) electrons. The number of aryl methyl sites for hydroxylation is 1. The molecule has 8 aromatic rings. The van der Waals surface area contributed by atoms with Crippen LogP contribution in [0.4, 0.5) is 0 Å². The number of methoxy groups -OCH3 is 1. The van der Waals surface area contributed by atoms with Crippen molar-refractivity contribution in [1.82, 2.24) is 71.7 Å². The number of aromatic nitrogens is 7. The summed E-state index contributed by atoms with van der Waals surface area (Å²) < 4.78 is 11.0. The predicted molar refractivity (Wildman–Crippen MR) is 324 cm³/mol. The van der Waals surface area contributed by atoms with Crippen molar-refractivity contribution in [1.29, 1.82) is 0 Å². The first-order chi connectivity index (χ1) is 41.9. The van der Waals surface area contributed by atoms with Crippen LogP contribution in [0.25, 0.3) is 43.4 Å². The van der Waals surface area contributed by atoms with Gasteiger partial charge in [0, 0.05) is 52.7 Å². The molecule has 7 amide bonds. The van der Waals surface area contributed by atoms with Crippen molar-refractivity contribution in [3.63, 3.8) is 0 Å². The standard InChI is InChI=1S/C56H54N14O11S6/c1-24(2)39-54-69-42(36(87-54)19-80-5)47(76)58-17-38(72)66-43(44(73)26-10-7-6-8-11-26)53-64-33(22-85-53)51-62-31(20-83-51)41-27(49-63-32(21-82-49)45(74)60-29(16-37(71)57-4)52-68-40(25(3)86-52)48(77)67-39)13-14-28(59-41)50-65-34(23-84-50)56(79)81-18-30-55(78)70-15-9-12-35(70)46(75)61-30/h6-8,10-11,13-14,20-24,29-30,35,39,43-44,73H,9,12,15-19H2,1-5H3,(H,57,71)(H,58,76)(H,60,74)(H,61,75)(H,66,72)(H,67,77)/t29-,30?,35?,39-,43?,44?/m0/s1. The maximum atomic E-state index is 14.3. The summed E-state index contributed by atoms with van der Waals surface area (Å²) in [6.07, 6.45) is -0.256. The molecule has 1 aromatic carbocycles. The maximum absolute atomic E-state index is 14.3. The Kier molecular flexibility index (Phi) is 18.1. The highest BCUT2D eigenvalue weighted by atomic mass is 32.1. The van der Waals surface area contributed by atoms with Crippen LogP contribution in [-0.2, 0) is 35.3 Å². The quantitative estimate of drug-likeness (QED) is 0.0735. The number of hydrogen-bond donors (Lipinski definition) is 7. The molecule has 10 bridgehead atoms. The Balaban J connectivity index is 0.954. The van der Waals surface area contributed by atoms with Crippen molar-refractivity contribution in [2.45, 2.75) is 83.0 Å². The van der Waals surface area contributed by atoms with E-state index in [1.54, 1.807) is 65.5 Å². The number of rotatable bonds is 11. The van der Waals surface area contributed by atoms with Gasteiger partial charge in [-0.25, -0.2) is 39.7 Å². The molecule has 31 heteroatoms. The lowest BCUT2D eigenvalue weighted by molar-refractivity contribution is -0.148. The fourth-order valence-corrected chi connectivity index (χ4v) is 15.4. The maximum Gasteiger partial charge on any atom is 0.357 e. The van der Waals surface area contributed by atoms with Crippen LogP contribution in [0, 0.1) is 12.8 Å². The van der Waals surface area contributed by atoms with Gasteiger partial charge in [-0.05, 0) is 43.4 Å². The Morgan fingerprint density at radius 3 is 2.23 bits per heavy atom. The van der Waals surface area contributed by atoms with E-state index < -0.39 is 78.4 Å². The summed E-state index contributed by atoms with van der Waals surface area (Å²) in [6.45, 7) is 4.98. The van der Waals surface area contributed by atoms with Gasteiger partial charge in [0.15, 0.2) is 5.69 Å². The molecule has 11 rings (SSSR count). The summed E-state index contributed by atoms with van der Waals surface area (Å²) in [4.78, 5) is 145. The van der Waals surface area contributed by atoms with Crippen LogP contribution in [0.1, 0.15) is 130 Å². The lowest BCUT2D eigenvalue weighted by atomic mass is 10.0. The number of carbonyl (C=O) groups is 8. The smallest absolute Gasteiger partial charge is 0.357 e. The Morgan fingerprint density at radius 2 is 1.45 bits per heavy atom. The minimum Gasteiger partial charge on any atom is -0.458 e. The van der Waals surface area contributed by atoms with Crippen LogP contribution in [-0.4, -0.2) is 138 Å². The molecule has 0 aliphatic carbocycles. The van der Waals surface area contributed by atoms with Crippen molar-refractivity contribution in [3.05, 3.63) is 117 Å². The Labute approximate surface area is 519 Å². The molecule has 7 N–H and O–H groups in total. The molecule has 2 saturated heterocycles. The Hall–Kier alpha value is -8.17. The van der Waals surface area contributed by atoms with Crippen molar-refractivity contribution in [2.75, 3.05) is 33.9 Å². The number of aliphatic hydroxyl groups excluding tert-OH is 1. The van der Waals surface area contributed by atoms with E-state index in [0.717, 1.165) is 45.3 Å². The lowest BCUT2D eigenvalue weighted by Gasteiger charge is -2.34. The number of pyridine rings is 1. The first kappa shape index (κ1) is 60.5. The molecule has 0 saturated carbocycles. The van der Waals surface area contributed by atoms with E-state index in [2.05, 4.69) is 46.9 Å². The number of carbonyl (C=O) groups excluding carboxylic acids is 8. The number of hydrogen-bond acceptors (Lipinski definition) is 24. The number of aliphatic hydroxyl groups is 1. The van der Waals surface area contributed by atoms with Gasteiger partial charge in [0.05, 0.1) is 42.2 Å². The van der Waals surface area contributed by atoms with Crippen LogP contribution in [0.15, 0.2) is 64.0 Å². The van der Waals surface area contributed by atoms with E-state index in [4.69, 9.17) is 29.4 Å². The van der Waals surface area contributed by atoms with Crippen LogP contribution in [0.2, 0.25) is 0 Å². The monoisotopic (exact) mass is 1290 g/mol. The highest BCUT2D eigenvalue weighted by Crippen LogP contribution is 2.40. The summed E-state index contributed by atoms with van der Waals surface area (Å²) >= 11 is 6.95. The minimum atomic E-state index is -1.30. The number of esters is 1. The Bertz CT molecular complexity index is 3970. The molecule has 10 heterocycles. The number of benzene rings is 1. The van der Waals surface area contributed by atoms with Gasteiger partial charge < -0.3 is 51.4 Å². The first-order valence-corrected chi connectivity index (χ1v) is 32.3. The van der Waals surface area contributed by atoms with E-state index in [-0.39, 0.29) is 65.2 Å². The van der Waals surface area contributed by atoms with Gasteiger partial charge in [0.1, 0.15) is 95.0 Å². The summed E-state index contributed by atoms with van der Waals surface area (Å²) in [7, 11) is 2.93. The van der Waals surface area contributed by atoms with E-state index >= 15 is 0 Å². The number of nitrogens with zero attached hydrogens (tertiary/aromatic N) is 8. The summed E-state index contributed by atoms with van der Waals surface area (Å²) in [5, 5.41) is 37.3. The lowest BCUT2D eigenvalue weighted by Crippen LogP contribution is -2.62. The Morgan fingerprint density at radius 1 is 0.713 bits per heavy atom. The second-order valence-electron chi connectivity index (χ2n) is 20.5. The number of thiazole rings is 6. The summed E-state index contributed by atoms with van der Waals surface area (Å²) in [5.74, 6) is -4.64. The van der Waals surface area contributed by atoms with E-state index in [9.17, 15) is 43.5 Å². The average Bonchev–Trinajstić information content (AvgIpc) is 2.79. The molecule has 2 fully saturated rings. The predicted octanol–water partition coefficient (Wildman–Crippen LogP) is 5.96. The van der Waals surface area contributed by atoms with E-state index in [1.165, 1.54) is 47.1 Å². The van der Waals surface area contributed by atoms with Crippen LogP contribution >= 0.6 is 68.0 Å². The van der Waals surface area contributed by atoms with Crippen LogP contribution < -0.4 is 31.9 Å². The number of amides is 7. The van der Waals surface area contributed by atoms with Crippen molar-refractivity contribution >= 4 is 115 Å². The fourth-order valence-electron chi connectivity index (χ4n) is 9.86. The van der Waals surface area contributed by atoms with Gasteiger partial charge in [-0.15, -0.1) is 68.0 Å². The van der Waals surface area contributed by atoms with Gasteiger partial charge in [0.2, 0.25) is 23.6 Å². The topological polar surface area (TPSA) is 341 Å². The van der Waals surface area contributed by atoms with E-state index in [1.807, 2.05) is 13.8 Å². The van der Waals surface area contributed by atoms with Crippen molar-refractivity contribution in [2.24, 2.45) is 5.92 Å². The average molecular weight is 1290 g/mol. The first-order valence-electron chi connectivity index (χ1n) is 27.2. The molecule has 25 nitrogen and oxygen atoms in total. The summed E-state index contributed by atoms with van der Waals surface area (Å²) in [5.41, 5.74) is 2.31. The third-order valence-electron chi connectivity index (χ3n) is 14.3. The molecule has 450 valence electrons. The normalized spacial score (nSPS) is 19.5. The molecular weight excluding hydrogens is 1240 g/mol. The van der Waals surface area contributed by atoms with E-state index in [0.29, 0.717) is 88.1 Å². The van der Waals surface area contributed by atoms with Gasteiger partial charge in [0.25, 0.3) is 17.7 Å². The molecule has 0 spiro atoms. The van der Waals surface area contributed by atoms with Gasteiger partial charge in [-0.1, -0.05) is 44.2 Å². The number of nitrogens with one attached hydrogen (secondary N) is 6. The third kappa shape index (κ3) is 13.0. The minimum absolute atomic E-state index is 0.00243. The van der Waals surface area contributed by atoms with Gasteiger partial charge >= 0.3 is 5.97 Å². The van der Waals surface area contributed by atoms with Crippen LogP contribution in [0.3, 0.4) is 0 Å². The van der Waals surface area contributed by atoms with Crippen LogP contribution in [0.5, 0.6) is 0 Å². The summed E-state index contributed by atoms with van der Waals surface area (Å²) in [6, 6.07) is 7.72. The highest BCUT2D eigenvalue weighted by molar-refractivity contribution is 7.15. The highest BCUT2D eigenvalue weighted by Gasteiger charge is 2.44. The zero-order valence-electron chi connectivity index (χ0n) is 46.9. The number of ether oxygens (including phenoxy) is 2. The second kappa shape index (κ2) is 26.0. The molecule has 3 aliphatic heterocycles. The molecule has 4 unspecified atom stereocenters. The second-order valence-corrected chi connectivity index (χ2v) is 26.3. The number of piperazine rings is 1. The zero-order chi connectivity index (χ0) is 61.2. The fraction of sp³-hybridized carbons (Fsp3) is 0.339. The molecule has 6 atom stereocenters. The third-order valence-corrected chi connectivity index (χ3v) is 20.0.